The number of aromatic nitrogens is 2. The van der Waals surface area contributed by atoms with Crippen LogP contribution >= 0.6 is 11.3 Å². The maximum Gasteiger partial charge on any atom is 0.292 e. The minimum absolute atomic E-state index is 0.0873. The molecule has 0 bridgehead atoms. The number of nitrogens with two attached hydrogens (primary N) is 1. The quantitative estimate of drug-likeness (QED) is 0.898. The molecule has 6 nitrogen and oxygen atoms in total. The molecule has 1 amide bonds. The molecule has 2 aliphatic rings. The Morgan fingerprint density at radius 3 is 3.05 bits per heavy atom. The summed E-state index contributed by atoms with van der Waals surface area (Å²) in [6.45, 7) is 0. The lowest BCUT2D eigenvalue weighted by atomic mass is 10.1. The van der Waals surface area contributed by atoms with E-state index < -0.39 is 0 Å². The van der Waals surface area contributed by atoms with Gasteiger partial charge in [0.15, 0.2) is 0 Å². The van der Waals surface area contributed by atoms with Crippen LogP contribution in [0.3, 0.4) is 0 Å². The number of aryl methyl sites for hydroxylation is 1. The Labute approximate surface area is 119 Å². The SMILES string of the molecule is Nc1sc2c(c1-c1nc(C(=O)NC3CC3)no1)CCC2. The zero-order valence-corrected chi connectivity index (χ0v) is 11.6. The average molecular weight is 290 g/mol. The van der Waals surface area contributed by atoms with Crippen molar-refractivity contribution in [2.75, 3.05) is 5.73 Å². The molecule has 7 heteroatoms. The van der Waals surface area contributed by atoms with Crippen LogP contribution in [0.5, 0.6) is 0 Å². The van der Waals surface area contributed by atoms with Gasteiger partial charge in [0.05, 0.1) is 10.6 Å². The Bertz CT molecular complexity index is 687. The third-order valence-corrected chi connectivity index (χ3v) is 4.83. The van der Waals surface area contributed by atoms with Crippen molar-refractivity contribution in [2.24, 2.45) is 0 Å². The molecule has 0 aliphatic heterocycles. The molecule has 1 fully saturated rings. The van der Waals surface area contributed by atoms with Crippen molar-refractivity contribution in [1.29, 1.82) is 0 Å². The van der Waals surface area contributed by atoms with Gasteiger partial charge in [-0.05, 0) is 37.7 Å². The summed E-state index contributed by atoms with van der Waals surface area (Å²) >= 11 is 1.59. The Morgan fingerprint density at radius 1 is 1.40 bits per heavy atom. The smallest absolute Gasteiger partial charge is 0.292 e. The Balaban J connectivity index is 1.66. The number of nitrogen functional groups attached to an aromatic ring is 1. The van der Waals surface area contributed by atoms with E-state index in [2.05, 4.69) is 15.5 Å². The molecule has 2 aromatic rings. The van der Waals surface area contributed by atoms with E-state index in [-0.39, 0.29) is 17.8 Å². The van der Waals surface area contributed by atoms with E-state index in [1.165, 1.54) is 10.4 Å². The topological polar surface area (TPSA) is 94.0 Å². The molecule has 3 N–H and O–H groups in total. The van der Waals surface area contributed by atoms with Crippen LogP contribution in [0, 0.1) is 0 Å². The van der Waals surface area contributed by atoms with Gasteiger partial charge in [-0.25, -0.2) is 0 Å². The largest absolute Gasteiger partial charge is 0.390 e. The lowest BCUT2D eigenvalue weighted by molar-refractivity contribution is 0.0937. The number of amides is 1. The summed E-state index contributed by atoms with van der Waals surface area (Å²) in [6, 6.07) is 0.278. The van der Waals surface area contributed by atoms with Crippen LogP contribution in [0.2, 0.25) is 0 Å². The van der Waals surface area contributed by atoms with E-state index in [0.29, 0.717) is 10.9 Å². The Morgan fingerprint density at radius 2 is 2.25 bits per heavy atom. The van der Waals surface area contributed by atoms with Gasteiger partial charge in [0.25, 0.3) is 17.6 Å². The molecule has 1 saturated carbocycles. The van der Waals surface area contributed by atoms with Crippen molar-refractivity contribution in [2.45, 2.75) is 38.1 Å². The van der Waals surface area contributed by atoms with Crippen LogP contribution < -0.4 is 11.1 Å². The van der Waals surface area contributed by atoms with Crippen molar-refractivity contribution in [3.8, 4) is 11.5 Å². The fourth-order valence-electron chi connectivity index (χ4n) is 2.55. The average Bonchev–Trinajstić information content (AvgIpc) is 2.85. The molecular weight excluding hydrogens is 276 g/mol. The zero-order valence-electron chi connectivity index (χ0n) is 10.8. The molecular formula is C13H14N4O2S. The number of anilines is 1. The van der Waals surface area contributed by atoms with Gasteiger partial charge in [-0.2, -0.15) is 4.98 Å². The predicted octanol–water partition coefficient (Wildman–Crippen LogP) is 1.76. The van der Waals surface area contributed by atoms with Gasteiger partial charge in [-0.3, -0.25) is 4.79 Å². The summed E-state index contributed by atoms with van der Waals surface area (Å²) in [4.78, 5) is 17.4. The highest BCUT2D eigenvalue weighted by atomic mass is 32.1. The number of hydrogen-bond donors (Lipinski definition) is 2. The predicted molar refractivity (Wildman–Crippen MR) is 74.5 cm³/mol. The third kappa shape index (κ3) is 1.89. The van der Waals surface area contributed by atoms with E-state index in [0.717, 1.165) is 37.7 Å². The summed E-state index contributed by atoms with van der Waals surface area (Å²) in [5, 5.41) is 7.31. The summed E-state index contributed by atoms with van der Waals surface area (Å²) in [5.41, 5.74) is 8.10. The number of carbonyl (C=O) groups is 1. The number of hydrogen-bond acceptors (Lipinski definition) is 6. The molecule has 2 aromatic heterocycles. The number of carbonyl (C=O) groups excluding carboxylic acids is 1. The van der Waals surface area contributed by atoms with E-state index >= 15 is 0 Å². The van der Waals surface area contributed by atoms with Crippen molar-refractivity contribution in [1.82, 2.24) is 15.5 Å². The highest BCUT2D eigenvalue weighted by molar-refractivity contribution is 7.16. The zero-order chi connectivity index (χ0) is 13.7. The first-order chi connectivity index (χ1) is 9.72. The maximum absolute atomic E-state index is 11.9. The Kier molecular flexibility index (Phi) is 2.56. The summed E-state index contributed by atoms with van der Waals surface area (Å²) in [5.74, 6) is 0.181. The number of rotatable bonds is 3. The van der Waals surface area contributed by atoms with Gasteiger partial charge < -0.3 is 15.6 Å². The van der Waals surface area contributed by atoms with Crippen LogP contribution in [0.15, 0.2) is 4.52 Å². The monoisotopic (exact) mass is 290 g/mol. The van der Waals surface area contributed by atoms with E-state index in [4.69, 9.17) is 10.3 Å². The molecule has 0 aromatic carbocycles. The number of nitrogens with one attached hydrogen (secondary N) is 1. The third-order valence-electron chi connectivity index (χ3n) is 3.70. The summed E-state index contributed by atoms with van der Waals surface area (Å²) in [6.07, 6.45) is 5.25. The maximum atomic E-state index is 11.9. The lowest BCUT2D eigenvalue weighted by Crippen LogP contribution is -2.26. The first-order valence-electron chi connectivity index (χ1n) is 6.77. The van der Waals surface area contributed by atoms with Gasteiger partial charge in [0.1, 0.15) is 0 Å². The Hall–Kier alpha value is -1.89. The highest BCUT2D eigenvalue weighted by Gasteiger charge is 2.29. The molecule has 2 heterocycles. The molecule has 20 heavy (non-hydrogen) atoms. The van der Waals surface area contributed by atoms with Gasteiger partial charge in [-0.15, -0.1) is 11.3 Å². The van der Waals surface area contributed by atoms with Crippen LogP contribution in [-0.4, -0.2) is 22.1 Å². The van der Waals surface area contributed by atoms with Crippen LogP contribution in [0.4, 0.5) is 5.00 Å². The first-order valence-corrected chi connectivity index (χ1v) is 7.59. The second kappa shape index (κ2) is 4.31. The van der Waals surface area contributed by atoms with Crippen LogP contribution in [0.1, 0.15) is 40.3 Å². The standard InChI is InChI=1S/C13H14N4O2S/c14-10-9(7-2-1-3-8(7)20-10)13-16-11(17-19-13)12(18)15-6-4-5-6/h6H,1-5,14H2,(H,15,18). The molecule has 4 rings (SSSR count). The van der Waals surface area contributed by atoms with Gasteiger partial charge in [0, 0.05) is 10.9 Å². The molecule has 0 atom stereocenters. The molecule has 2 aliphatic carbocycles. The highest BCUT2D eigenvalue weighted by Crippen LogP contribution is 2.42. The minimum atomic E-state index is -0.270. The fraction of sp³-hybridized carbons (Fsp3) is 0.462. The number of fused-ring (bicyclic) bond motifs is 1. The normalized spacial score (nSPS) is 17.2. The van der Waals surface area contributed by atoms with E-state index in [1.54, 1.807) is 11.3 Å². The summed E-state index contributed by atoms with van der Waals surface area (Å²) < 4.78 is 5.24. The second-order valence-corrected chi connectivity index (χ2v) is 6.40. The number of nitrogens with zero attached hydrogens (tertiary/aromatic N) is 2. The summed E-state index contributed by atoms with van der Waals surface area (Å²) in [7, 11) is 0. The molecule has 104 valence electrons. The number of thiophene rings is 1. The van der Waals surface area contributed by atoms with Crippen molar-refractivity contribution in [3.63, 3.8) is 0 Å². The lowest BCUT2D eigenvalue weighted by Gasteiger charge is -1.97. The van der Waals surface area contributed by atoms with Crippen molar-refractivity contribution in [3.05, 3.63) is 16.3 Å². The fourth-order valence-corrected chi connectivity index (χ4v) is 3.71. The first kappa shape index (κ1) is 11.9. The molecule has 0 spiro atoms. The van der Waals surface area contributed by atoms with E-state index in [1.807, 2.05) is 0 Å². The van der Waals surface area contributed by atoms with Gasteiger partial charge in [-0.1, -0.05) is 5.16 Å². The molecule has 0 unspecified atom stereocenters. The van der Waals surface area contributed by atoms with Crippen molar-refractivity contribution < 1.29 is 9.32 Å². The molecule has 0 radical (unpaired) electrons. The van der Waals surface area contributed by atoms with Gasteiger partial charge in [0.2, 0.25) is 0 Å². The van der Waals surface area contributed by atoms with E-state index in [9.17, 15) is 4.79 Å². The van der Waals surface area contributed by atoms with Gasteiger partial charge >= 0.3 is 0 Å². The minimum Gasteiger partial charge on any atom is -0.390 e. The second-order valence-electron chi connectivity index (χ2n) is 5.27. The van der Waals surface area contributed by atoms with Crippen molar-refractivity contribution >= 4 is 22.2 Å². The van der Waals surface area contributed by atoms with Crippen LogP contribution in [-0.2, 0) is 12.8 Å². The van der Waals surface area contributed by atoms with Crippen LogP contribution in [0.25, 0.3) is 11.5 Å². The molecule has 0 saturated heterocycles.